The second-order valence-corrected chi connectivity index (χ2v) is 8.56. The zero-order valence-electron chi connectivity index (χ0n) is 17.7. The summed E-state index contributed by atoms with van der Waals surface area (Å²) >= 11 is 7.71. The molecule has 0 aliphatic rings. The highest BCUT2D eigenvalue weighted by atomic mass is 79.9. The van der Waals surface area contributed by atoms with Crippen LogP contribution in [-0.2, 0) is 0 Å². The second-order valence-electron chi connectivity index (χ2n) is 7.44. The smallest absolute Gasteiger partial charge is 0.0292 e. The van der Waals surface area contributed by atoms with E-state index in [1.165, 1.54) is 44.5 Å². The predicted octanol–water partition coefficient (Wildman–Crippen LogP) is 8.78. The first-order valence-corrected chi connectivity index (χ1v) is 12.9. The molecule has 0 nitrogen and oxygen atoms in total. The van der Waals surface area contributed by atoms with E-state index in [1.807, 2.05) is 0 Å². The van der Waals surface area contributed by atoms with Crippen LogP contribution in [0, 0.1) is 0 Å². The number of rotatable bonds is 7. The Morgan fingerprint density at radius 2 is 0.594 bits per heavy atom. The fourth-order valence-electron chi connectivity index (χ4n) is 4.05. The molecule has 32 heavy (non-hydrogen) atoms. The third-order valence-corrected chi connectivity index (χ3v) is 6.61. The van der Waals surface area contributed by atoms with Gasteiger partial charge in [0.25, 0.3) is 0 Å². The van der Waals surface area contributed by atoms with Crippen LogP contribution >= 0.6 is 31.9 Å². The van der Waals surface area contributed by atoms with Gasteiger partial charge in [0.05, 0.1) is 0 Å². The van der Waals surface area contributed by atoms with Crippen molar-refractivity contribution >= 4 is 43.0 Å². The van der Waals surface area contributed by atoms with Crippen molar-refractivity contribution in [2.45, 2.75) is 0 Å². The summed E-state index contributed by atoms with van der Waals surface area (Å²) in [4.78, 5) is 0. The number of hydrogen-bond acceptors (Lipinski definition) is 0. The molecule has 0 spiro atoms. The summed E-state index contributed by atoms with van der Waals surface area (Å²) in [6, 6.07) is 42.7. The van der Waals surface area contributed by atoms with Crippen LogP contribution in [0.25, 0.3) is 11.1 Å². The predicted molar refractivity (Wildman–Crippen MR) is 145 cm³/mol. The average Bonchev–Trinajstić information content (AvgIpc) is 2.88. The number of benzene rings is 4. The van der Waals surface area contributed by atoms with Gasteiger partial charge in [-0.25, -0.2) is 0 Å². The Morgan fingerprint density at radius 3 is 0.781 bits per heavy atom. The van der Waals surface area contributed by atoms with Crippen LogP contribution in [0.15, 0.2) is 132 Å². The van der Waals surface area contributed by atoms with Crippen LogP contribution in [0.1, 0.15) is 22.3 Å². The molecule has 0 bridgehead atoms. The topological polar surface area (TPSA) is 0 Å². The summed E-state index contributed by atoms with van der Waals surface area (Å²) in [6.07, 6.45) is 0. The number of halogens is 2. The van der Waals surface area contributed by atoms with Crippen LogP contribution in [0.3, 0.4) is 0 Å². The first-order chi connectivity index (χ1) is 15.8. The van der Waals surface area contributed by atoms with E-state index in [0.717, 1.165) is 10.7 Å². The van der Waals surface area contributed by atoms with Crippen molar-refractivity contribution in [1.82, 2.24) is 0 Å². The molecule has 2 heteroatoms. The molecule has 0 atom stereocenters. The minimum Gasteiger partial charge on any atom is -0.0876 e. The van der Waals surface area contributed by atoms with Crippen molar-refractivity contribution in [3.8, 4) is 0 Å². The monoisotopic (exact) mass is 542 g/mol. The molecule has 0 heterocycles. The lowest BCUT2D eigenvalue weighted by atomic mass is 9.85. The molecule has 4 aromatic rings. The Labute approximate surface area is 207 Å². The van der Waals surface area contributed by atoms with E-state index < -0.39 is 0 Å². The number of allylic oxidation sites excluding steroid dienone is 2. The lowest BCUT2D eigenvalue weighted by Gasteiger charge is -2.21. The molecular formula is C30H24Br2. The minimum absolute atomic E-state index is 0.746. The van der Waals surface area contributed by atoms with Gasteiger partial charge in [0, 0.05) is 10.7 Å². The Kier molecular flexibility index (Phi) is 7.92. The molecule has 4 aromatic carbocycles. The number of hydrogen-bond donors (Lipinski definition) is 0. The fourth-order valence-corrected chi connectivity index (χ4v) is 5.28. The zero-order valence-corrected chi connectivity index (χ0v) is 20.9. The molecule has 4 rings (SSSR count). The van der Waals surface area contributed by atoms with E-state index in [0.29, 0.717) is 0 Å². The van der Waals surface area contributed by atoms with Crippen molar-refractivity contribution in [3.63, 3.8) is 0 Å². The zero-order chi connectivity index (χ0) is 22.2. The molecular weight excluding hydrogens is 520 g/mol. The second kappa shape index (κ2) is 11.3. The Hall–Kier alpha value is -2.68. The maximum Gasteiger partial charge on any atom is 0.0292 e. The Balaban J connectivity index is 2.09. The summed E-state index contributed by atoms with van der Waals surface area (Å²) in [6.45, 7) is 0. The highest BCUT2D eigenvalue weighted by Crippen LogP contribution is 2.38. The van der Waals surface area contributed by atoms with Gasteiger partial charge in [-0.3, -0.25) is 0 Å². The van der Waals surface area contributed by atoms with Crippen LogP contribution in [0.5, 0.6) is 0 Å². The molecule has 0 N–H and O–H groups in total. The summed E-state index contributed by atoms with van der Waals surface area (Å²) in [5, 5.41) is 1.49. The van der Waals surface area contributed by atoms with Gasteiger partial charge >= 0.3 is 0 Å². The van der Waals surface area contributed by atoms with Crippen molar-refractivity contribution in [1.29, 1.82) is 0 Å². The number of alkyl halides is 2. The first-order valence-electron chi connectivity index (χ1n) is 10.6. The van der Waals surface area contributed by atoms with Gasteiger partial charge in [-0.15, -0.1) is 0 Å². The molecule has 0 saturated heterocycles. The van der Waals surface area contributed by atoms with E-state index in [4.69, 9.17) is 0 Å². The quantitative estimate of drug-likeness (QED) is 0.161. The molecule has 0 aliphatic heterocycles. The molecule has 0 fully saturated rings. The van der Waals surface area contributed by atoms with Crippen molar-refractivity contribution in [2.75, 3.05) is 10.7 Å². The van der Waals surface area contributed by atoms with Crippen LogP contribution in [0.4, 0.5) is 0 Å². The normalized spacial score (nSPS) is 10.4. The van der Waals surface area contributed by atoms with Gasteiger partial charge in [0.1, 0.15) is 0 Å². The Morgan fingerprint density at radius 1 is 0.375 bits per heavy atom. The van der Waals surface area contributed by atoms with E-state index in [-0.39, 0.29) is 0 Å². The maximum absolute atomic E-state index is 3.85. The summed E-state index contributed by atoms with van der Waals surface area (Å²) in [5.41, 5.74) is 9.92. The average molecular weight is 544 g/mol. The van der Waals surface area contributed by atoms with E-state index in [2.05, 4.69) is 153 Å². The summed E-state index contributed by atoms with van der Waals surface area (Å²) in [5.74, 6) is 0. The summed E-state index contributed by atoms with van der Waals surface area (Å²) in [7, 11) is 0. The Bertz CT molecular complexity index is 1010. The molecule has 0 unspecified atom stereocenters. The van der Waals surface area contributed by atoms with Gasteiger partial charge in [0.15, 0.2) is 0 Å². The van der Waals surface area contributed by atoms with Crippen molar-refractivity contribution in [3.05, 3.63) is 155 Å². The van der Waals surface area contributed by atoms with E-state index in [9.17, 15) is 0 Å². The molecule has 0 amide bonds. The fraction of sp³-hybridized carbons (Fsp3) is 0.0667. The van der Waals surface area contributed by atoms with Gasteiger partial charge in [0.2, 0.25) is 0 Å². The first kappa shape index (κ1) is 22.5. The highest BCUT2D eigenvalue weighted by molar-refractivity contribution is 9.09. The molecule has 0 radical (unpaired) electrons. The van der Waals surface area contributed by atoms with Crippen LogP contribution < -0.4 is 0 Å². The highest BCUT2D eigenvalue weighted by Gasteiger charge is 2.19. The van der Waals surface area contributed by atoms with E-state index >= 15 is 0 Å². The SMILES string of the molecule is BrCC(C(CBr)=C(c1ccccc1)c1ccccc1)=C(c1ccccc1)c1ccccc1. The molecule has 0 saturated carbocycles. The molecule has 0 aromatic heterocycles. The standard InChI is InChI=1S/C30H24Br2/c31-21-27(29(23-13-5-1-6-14-23)24-15-7-2-8-16-24)28(22-32)30(25-17-9-3-10-18-25)26-19-11-4-12-20-26/h1-20H,21-22H2. The minimum atomic E-state index is 0.746. The largest absolute Gasteiger partial charge is 0.0876 e. The molecule has 0 aliphatic carbocycles. The molecule has 158 valence electrons. The van der Waals surface area contributed by atoms with E-state index in [1.54, 1.807) is 0 Å². The van der Waals surface area contributed by atoms with Crippen molar-refractivity contribution < 1.29 is 0 Å². The van der Waals surface area contributed by atoms with Gasteiger partial charge in [-0.2, -0.15) is 0 Å². The van der Waals surface area contributed by atoms with Gasteiger partial charge in [-0.1, -0.05) is 153 Å². The van der Waals surface area contributed by atoms with Gasteiger partial charge < -0.3 is 0 Å². The summed E-state index contributed by atoms with van der Waals surface area (Å²) < 4.78 is 0. The van der Waals surface area contributed by atoms with Gasteiger partial charge in [-0.05, 0) is 44.5 Å². The van der Waals surface area contributed by atoms with Crippen molar-refractivity contribution in [2.24, 2.45) is 0 Å². The lowest BCUT2D eigenvalue weighted by Crippen LogP contribution is -2.05. The lowest BCUT2D eigenvalue weighted by molar-refractivity contribution is 1.36. The van der Waals surface area contributed by atoms with Crippen LogP contribution in [-0.4, -0.2) is 10.7 Å². The third-order valence-electron chi connectivity index (χ3n) is 5.48. The van der Waals surface area contributed by atoms with Crippen LogP contribution in [0.2, 0.25) is 0 Å². The third kappa shape index (κ3) is 5.03. The maximum atomic E-state index is 3.85.